The van der Waals surface area contributed by atoms with Crippen LogP contribution < -0.4 is 5.73 Å². The molecule has 3 N–H and O–H groups in total. The summed E-state index contributed by atoms with van der Waals surface area (Å²) in [6, 6.07) is 0.0513. The van der Waals surface area contributed by atoms with E-state index in [1.807, 2.05) is 0 Å². The second-order valence-corrected chi connectivity index (χ2v) is 3.70. The van der Waals surface area contributed by atoms with Gasteiger partial charge in [-0.3, -0.25) is 0 Å². The summed E-state index contributed by atoms with van der Waals surface area (Å²) in [5.74, 6) is 0. The molecule has 4 heteroatoms. The Morgan fingerprint density at radius 2 is 2.14 bits per heavy atom. The molecule has 0 aromatic carbocycles. The summed E-state index contributed by atoms with van der Waals surface area (Å²) in [6.07, 6.45) is 9.12. The highest BCUT2D eigenvalue weighted by atomic mass is 15.3. The third kappa shape index (κ3) is 3.87. The second kappa shape index (κ2) is 6.54. The number of hydrogen-bond acceptors (Lipinski definition) is 3. The van der Waals surface area contributed by atoms with Crippen LogP contribution in [0.4, 0.5) is 0 Å². The summed E-state index contributed by atoms with van der Waals surface area (Å²) in [7, 11) is 0. The lowest BCUT2D eigenvalue weighted by molar-refractivity contribution is 0.547. The van der Waals surface area contributed by atoms with Crippen LogP contribution in [0.25, 0.3) is 0 Å². The first kappa shape index (κ1) is 11.2. The zero-order valence-corrected chi connectivity index (χ0v) is 8.87. The van der Waals surface area contributed by atoms with E-state index in [9.17, 15) is 0 Å². The maximum absolute atomic E-state index is 5.93. The van der Waals surface area contributed by atoms with Gasteiger partial charge in [0.15, 0.2) is 0 Å². The van der Waals surface area contributed by atoms with Crippen molar-refractivity contribution in [3.05, 3.63) is 11.9 Å². The molecule has 1 atom stereocenters. The van der Waals surface area contributed by atoms with Crippen LogP contribution in [0, 0.1) is 0 Å². The Morgan fingerprint density at radius 3 is 2.79 bits per heavy atom. The molecule has 0 aliphatic carbocycles. The van der Waals surface area contributed by atoms with E-state index < -0.39 is 0 Å². The second-order valence-electron chi connectivity index (χ2n) is 3.70. The van der Waals surface area contributed by atoms with Crippen LogP contribution in [-0.2, 0) is 0 Å². The molecular weight excluding hydrogens is 176 g/mol. The largest absolute Gasteiger partial charge is 0.323 e. The molecule has 4 nitrogen and oxygen atoms in total. The number of aromatic nitrogens is 3. The van der Waals surface area contributed by atoms with Crippen molar-refractivity contribution >= 4 is 0 Å². The normalized spacial score (nSPS) is 13.0. The molecule has 0 aliphatic rings. The lowest BCUT2D eigenvalue weighted by Crippen LogP contribution is -2.10. The van der Waals surface area contributed by atoms with Crippen molar-refractivity contribution in [2.45, 2.75) is 51.5 Å². The highest BCUT2D eigenvalue weighted by Crippen LogP contribution is 2.14. The fraction of sp³-hybridized carbons (Fsp3) is 0.800. The monoisotopic (exact) mass is 196 g/mol. The number of hydrogen-bond donors (Lipinski definition) is 2. The third-order valence-corrected chi connectivity index (χ3v) is 2.43. The minimum Gasteiger partial charge on any atom is -0.323 e. The molecular formula is C10H20N4. The summed E-state index contributed by atoms with van der Waals surface area (Å²) >= 11 is 0. The molecule has 0 spiro atoms. The van der Waals surface area contributed by atoms with Crippen LogP contribution in [0.2, 0.25) is 0 Å². The molecule has 0 radical (unpaired) electrons. The van der Waals surface area contributed by atoms with Gasteiger partial charge in [0.2, 0.25) is 0 Å². The fourth-order valence-electron chi connectivity index (χ4n) is 1.50. The van der Waals surface area contributed by atoms with Crippen molar-refractivity contribution in [1.82, 2.24) is 15.4 Å². The number of aromatic amines is 1. The number of unbranched alkanes of at least 4 members (excludes halogenated alkanes) is 4. The van der Waals surface area contributed by atoms with Crippen LogP contribution in [-0.4, -0.2) is 15.4 Å². The van der Waals surface area contributed by atoms with Gasteiger partial charge in [0.05, 0.1) is 17.9 Å². The Hall–Kier alpha value is -0.900. The first-order valence-electron chi connectivity index (χ1n) is 5.46. The standard InChI is InChI=1S/C10H20N4/c1-2-3-4-5-6-7-9(11)10-8-12-14-13-10/h8-9H,2-7,11H2,1H3,(H,12,13,14). The van der Waals surface area contributed by atoms with Gasteiger partial charge in [-0.05, 0) is 6.42 Å². The van der Waals surface area contributed by atoms with Gasteiger partial charge in [-0.25, -0.2) is 0 Å². The topological polar surface area (TPSA) is 67.6 Å². The van der Waals surface area contributed by atoms with E-state index in [-0.39, 0.29) is 6.04 Å². The Labute approximate surface area is 85.3 Å². The van der Waals surface area contributed by atoms with Crippen LogP contribution >= 0.6 is 0 Å². The van der Waals surface area contributed by atoms with Crippen LogP contribution in [0.5, 0.6) is 0 Å². The smallest absolute Gasteiger partial charge is 0.0991 e. The zero-order valence-electron chi connectivity index (χ0n) is 8.87. The Kier molecular flexibility index (Phi) is 5.22. The molecule has 0 saturated carbocycles. The molecule has 1 rings (SSSR count). The molecule has 0 fully saturated rings. The molecule has 1 unspecified atom stereocenters. The number of nitrogens with zero attached hydrogens (tertiary/aromatic N) is 2. The predicted octanol–water partition coefficient (Wildman–Crippen LogP) is 2.17. The highest BCUT2D eigenvalue weighted by molar-refractivity contribution is 4.97. The van der Waals surface area contributed by atoms with Gasteiger partial charge >= 0.3 is 0 Å². The average molecular weight is 196 g/mol. The van der Waals surface area contributed by atoms with Crippen molar-refractivity contribution in [1.29, 1.82) is 0 Å². The number of H-pyrrole nitrogens is 1. The van der Waals surface area contributed by atoms with Gasteiger partial charge in [-0.1, -0.05) is 39.0 Å². The zero-order chi connectivity index (χ0) is 10.2. The van der Waals surface area contributed by atoms with Gasteiger partial charge < -0.3 is 5.73 Å². The lowest BCUT2D eigenvalue weighted by atomic mass is 10.1. The van der Waals surface area contributed by atoms with E-state index >= 15 is 0 Å². The summed E-state index contributed by atoms with van der Waals surface area (Å²) in [5, 5.41) is 10.3. The quantitative estimate of drug-likeness (QED) is 0.657. The maximum atomic E-state index is 5.93. The van der Waals surface area contributed by atoms with E-state index in [2.05, 4.69) is 22.3 Å². The van der Waals surface area contributed by atoms with E-state index in [1.165, 1.54) is 32.1 Å². The highest BCUT2D eigenvalue weighted by Gasteiger charge is 2.07. The Bertz CT molecular complexity index is 220. The van der Waals surface area contributed by atoms with Crippen molar-refractivity contribution in [3.63, 3.8) is 0 Å². The average Bonchev–Trinajstić information content (AvgIpc) is 2.70. The Balaban J connectivity index is 2.07. The molecule has 1 heterocycles. The number of nitrogens with two attached hydrogens (primary N) is 1. The van der Waals surface area contributed by atoms with Gasteiger partial charge in [0.1, 0.15) is 0 Å². The van der Waals surface area contributed by atoms with Gasteiger partial charge in [0.25, 0.3) is 0 Å². The molecule has 14 heavy (non-hydrogen) atoms. The van der Waals surface area contributed by atoms with Crippen LogP contribution in [0.1, 0.15) is 57.2 Å². The summed E-state index contributed by atoms with van der Waals surface area (Å²) < 4.78 is 0. The van der Waals surface area contributed by atoms with E-state index in [0.717, 1.165) is 12.1 Å². The molecule has 80 valence electrons. The summed E-state index contributed by atoms with van der Waals surface area (Å²) in [5.41, 5.74) is 6.81. The SMILES string of the molecule is CCCCCCCC(N)c1cn[nH]n1. The first-order valence-corrected chi connectivity index (χ1v) is 5.46. The minimum atomic E-state index is 0.0513. The number of nitrogens with one attached hydrogen (secondary N) is 1. The molecule has 0 amide bonds. The number of rotatable bonds is 7. The molecule has 0 bridgehead atoms. The van der Waals surface area contributed by atoms with E-state index in [4.69, 9.17) is 5.73 Å². The van der Waals surface area contributed by atoms with Crippen molar-refractivity contribution < 1.29 is 0 Å². The van der Waals surface area contributed by atoms with E-state index in [0.29, 0.717) is 0 Å². The van der Waals surface area contributed by atoms with Crippen LogP contribution in [0.15, 0.2) is 6.20 Å². The summed E-state index contributed by atoms with van der Waals surface area (Å²) in [6.45, 7) is 2.22. The minimum absolute atomic E-state index is 0.0513. The third-order valence-electron chi connectivity index (χ3n) is 2.43. The molecule has 1 aromatic rings. The lowest BCUT2D eigenvalue weighted by Gasteiger charge is -2.06. The van der Waals surface area contributed by atoms with Crippen molar-refractivity contribution in [2.75, 3.05) is 0 Å². The maximum Gasteiger partial charge on any atom is 0.0991 e. The van der Waals surface area contributed by atoms with Crippen molar-refractivity contribution in [2.24, 2.45) is 5.73 Å². The first-order chi connectivity index (χ1) is 6.84. The summed E-state index contributed by atoms with van der Waals surface area (Å²) in [4.78, 5) is 0. The van der Waals surface area contributed by atoms with Gasteiger partial charge in [0, 0.05) is 0 Å². The van der Waals surface area contributed by atoms with Crippen molar-refractivity contribution in [3.8, 4) is 0 Å². The fourth-order valence-corrected chi connectivity index (χ4v) is 1.50. The molecule has 0 aliphatic heterocycles. The predicted molar refractivity (Wildman–Crippen MR) is 56.7 cm³/mol. The van der Waals surface area contributed by atoms with Gasteiger partial charge in [-0.2, -0.15) is 15.4 Å². The van der Waals surface area contributed by atoms with Gasteiger partial charge in [-0.15, -0.1) is 0 Å². The van der Waals surface area contributed by atoms with E-state index in [1.54, 1.807) is 6.20 Å². The molecule has 1 aromatic heterocycles. The van der Waals surface area contributed by atoms with Crippen LogP contribution in [0.3, 0.4) is 0 Å². The Morgan fingerprint density at radius 1 is 1.36 bits per heavy atom. The molecule has 0 saturated heterocycles.